The van der Waals surface area contributed by atoms with Crippen LogP contribution < -0.4 is 5.32 Å². The number of rotatable bonds is 6. The number of para-hydroxylation sites is 1. The zero-order valence-electron chi connectivity index (χ0n) is 14.2. The molecule has 2 heterocycles. The molecule has 0 aliphatic carbocycles. The maximum absolute atomic E-state index is 6.16. The maximum atomic E-state index is 6.16. The molecule has 0 fully saturated rings. The summed E-state index contributed by atoms with van der Waals surface area (Å²) >= 11 is 9.18. The lowest BCUT2D eigenvalue weighted by molar-refractivity contribution is 0.777. The van der Waals surface area contributed by atoms with Gasteiger partial charge in [0.15, 0.2) is 10.2 Å². The molecule has 0 spiro atoms. The van der Waals surface area contributed by atoms with Crippen LogP contribution in [0.2, 0.25) is 5.02 Å². The highest BCUT2D eigenvalue weighted by molar-refractivity contribution is 8.00. The number of anilines is 2. The predicted octanol–water partition coefficient (Wildman–Crippen LogP) is 4.51. The van der Waals surface area contributed by atoms with Crippen molar-refractivity contribution >= 4 is 45.5 Å². The third kappa shape index (κ3) is 4.10. The Labute approximate surface area is 168 Å². The van der Waals surface area contributed by atoms with E-state index in [4.69, 9.17) is 11.6 Å². The van der Waals surface area contributed by atoms with E-state index in [2.05, 4.69) is 31.0 Å². The Bertz CT molecular complexity index is 1050. The number of benzene rings is 2. The van der Waals surface area contributed by atoms with Crippen LogP contribution in [0.5, 0.6) is 0 Å². The molecule has 0 unspecified atom stereocenters. The van der Waals surface area contributed by atoms with E-state index in [1.165, 1.54) is 11.3 Å². The van der Waals surface area contributed by atoms with Gasteiger partial charge in [0.1, 0.15) is 0 Å². The number of aromatic nitrogens is 6. The Morgan fingerprint density at radius 2 is 1.93 bits per heavy atom. The molecule has 2 aromatic carbocycles. The number of thioether (sulfide) groups is 1. The van der Waals surface area contributed by atoms with E-state index in [-0.39, 0.29) is 0 Å². The van der Waals surface area contributed by atoms with Crippen molar-refractivity contribution in [1.29, 1.82) is 0 Å². The van der Waals surface area contributed by atoms with Crippen molar-refractivity contribution < 1.29 is 0 Å². The largest absolute Gasteiger partial charge is 0.330 e. The van der Waals surface area contributed by atoms with E-state index in [0.717, 1.165) is 27.1 Å². The van der Waals surface area contributed by atoms with Gasteiger partial charge in [-0.2, -0.15) is 4.68 Å². The Morgan fingerprint density at radius 3 is 2.78 bits per heavy atom. The van der Waals surface area contributed by atoms with Crippen molar-refractivity contribution in [3.63, 3.8) is 0 Å². The van der Waals surface area contributed by atoms with Gasteiger partial charge in [-0.15, -0.1) is 15.3 Å². The van der Waals surface area contributed by atoms with Gasteiger partial charge in [-0.25, -0.2) is 0 Å². The Kier molecular flexibility index (Phi) is 5.33. The van der Waals surface area contributed by atoms with Gasteiger partial charge in [-0.3, -0.25) is 0 Å². The summed E-state index contributed by atoms with van der Waals surface area (Å²) in [5.74, 6) is 1.34. The van der Waals surface area contributed by atoms with E-state index < -0.39 is 0 Å². The van der Waals surface area contributed by atoms with E-state index in [1.807, 2.05) is 55.5 Å². The molecule has 0 radical (unpaired) electrons. The molecule has 0 saturated heterocycles. The summed E-state index contributed by atoms with van der Waals surface area (Å²) in [6, 6.07) is 15.5. The van der Waals surface area contributed by atoms with Crippen molar-refractivity contribution in [2.75, 3.05) is 5.32 Å². The highest BCUT2D eigenvalue weighted by atomic mass is 35.5. The van der Waals surface area contributed by atoms with Crippen LogP contribution in [0.25, 0.3) is 5.69 Å². The van der Waals surface area contributed by atoms with Crippen molar-refractivity contribution in [1.82, 2.24) is 30.4 Å². The van der Waals surface area contributed by atoms with Crippen molar-refractivity contribution in [2.45, 2.75) is 17.0 Å². The van der Waals surface area contributed by atoms with Crippen LogP contribution in [0.4, 0.5) is 10.8 Å². The number of nitrogens with one attached hydrogen (secondary N) is 1. The highest BCUT2D eigenvalue weighted by Crippen LogP contribution is 2.31. The number of tetrazole rings is 1. The molecule has 0 amide bonds. The third-order valence-corrected chi connectivity index (χ3v) is 6.15. The van der Waals surface area contributed by atoms with Crippen molar-refractivity contribution in [3.05, 3.63) is 64.9 Å². The van der Waals surface area contributed by atoms with Crippen LogP contribution in [0.3, 0.4) is 0 Å². The quantitative estimate of drug-likeness (QED) is 0.464. The molecule has 10 heteroatoms. The van der Waals surface area contributed by atoms with E-state index in [1.54, 1.807) is 16.4 Å². The third-order valence-electron chi connectivity index (χ3n) is 3.78. The number of hydrogen-bond donors (Lipinski definition) is 1. The molecule has 0 aliphatic rings. The van der Waals surface area contributed by atoms with Gasteiger partial charge in [-0.05, 0) is 47.2 Å². The molecule has 27 heavy (non-hydrogen) atoms. The Balaban J connectivity index is 1.44. The minimum absolute atomic E-state index is 0.590. The van der Waals surface area contributed by atoms with Crippen LogP contribution >= 0.6 is 34.7 Å². The van der Waals surface area contributed by atoms with Crippen LogP contribution in [-0.4, -0.2) is 30.4 Å². The fourth-order valence-electron chi connectivity index (χ4n) is 2.37. The zero-order valence-corrected chi connectivity index (χ0v) is 16.6. The number of halogens is 1. The predicted molar refractivity (Wildman–Crippen MR) is 108 cm³/mol. The van der Waals surface area contributed by atoms with Crippen LogP contribution in [0, 0.1) is 6.92 Å². The minimum Gasteiger partial charge on any atom is -0.330 e. The minimum atomic E-state index is 0.590. The molecule has 0 saturated carbocycles. The molecule has 4 rings (SSSR count). The summed E-state index contributed by atoms with van der Waals surface area (Å²) in [5, 5.41) is 25.1. The van der Waals surface area contributed by atoms with Gasteiger partial charge in [0.25, 0.3) is 0 Å². The van der Waals surface area contributed by atoms with Gasteiger partial charge >= 0.3 is 0 Å². The molecular formula is C17H14ClN7S2. The maximum Gasteiger partial charge on any atom is 0.210 e. The molecule has 2 aromatic heterocycles. The molecular weight excluding hydrogens is 402 g/mol. The average Bonchev–Trinajstić information content (AvgIpc) is 3.34. The first-order valence-corrected chi connectivity index (χ1v) is 10.2. The second kappa shape index (κ2) is 8.03. The SMILES string of the molecule is Cc1c(Cl)cccc1Nc1nnc(SCc2nnnn2-c2ccccc2)s1. The number of hydrogen-bond acceptors (Lipinski definition) is 8. The first kappa shape index (κ1) is 17.9. The Morgan fingerprint density at radius 1 is 1.07 bits per heavy atom. The van der Waals surface area contributed by atoms with E-state index in [9.17, 15) is 0 Å². The fourth-order valence-corrected chi connectivity index (χ4v) is 4.21. The summed E-state index contributed by atoms with van der Waals surface area (Å²) in [7, 11) is 0. The molecule has 136 valence electrons. The van der Waals surface area contributed by atoms with Gasteiger partial charge in [0, 0.05) is 10.7 Å². The first-order chi connectivity index (χ1) is 13.2. The van der Waals surface area contributed by atoms with Gasteiger partial charge in [0.2, 0.25) is 5.13 Å². The topological polar surface area (TPSA) is 81.4 Å². The Hall–Kier alpha value is -2.49. The molecule has 4 aromatic rings. The summed E-state index contributed by atoms with van der Waals surface area (Å²) < 4.78 is 2.56. The molecule has 0 atom stereocenters. The summed E-state index contributed by atoms with van der Waals surface area (Å²) in [4.78, 5) is 0. The van der Waals surface area contributed by atoms with Crippen LogP contribution in [-0.2, 0) is 5.75 Å². The number of nitrogens with zero attached hydrogens (tertiary/aromatic N) is 6. The fraction of sp³-hybridized carbons (Fsp3) is 0.118. The zero-order chi connectivity index (χ0) is 18.6. The van der Waals surface area contributed by atoms with E-state index in [0.29, 0.717) is 15.9 Å². The van der Waals surface area contributed by atoms with Gasteiger partial charge < -0.3 is 5.32 Å². The van der Waals surface area contributed by atoms with E-state index >= 15 is 0 Å². The summed E-state index contributed by atoms with van der Waals surface area (Å²) in [5.41, 5.74) is 2.82. The lowest BCUT2D eigenvalue weighted by Gasteiger charge is -2.06. The van der Waals surface area contributed by atoms with Crippen LogP contribution in [0.1, 0.15) is 11.4 Å². The smallest absolute Gasteiger partial charge is 0.210 e. The lowest BCUT2D eigenvalue weighted by atomic mass is 10.2. The standard InChI is InChI=1S/C17H14ClN7S2/c1-11-13(18)8-5-9-14(11)19-16-21-22-17(27-16)26-10-15-20-23-24-25(15)12-6-3-2-4-7-12/h2-9H,10H2,1H3,(H,19,21). The van der Waals surface area contributed by atoms with Crippen molar-refractivity contribution in [3.8, 4) is 5.69 Å². The summed E-state index contributed by atoms with van der Waals surface area (Å²) in [6.07, 6.45) is 0. The monoisotopic (exact) mass is 415 g/mol. The van der Waals surface area contributed by atoms with Gasteiger partial charge in [-0.1, -0.05) is 59.0 Å². The molecule has 0 aliphatic heterocycles. The molecule has 7 nitrogen and oxygen atoms in total. The second-order valence-corrected chi connectivity index (χ2v) is 8.15. The average molecular weight is 416 g/mol. The highest BCUT2D eigenvalue weighted by Gasteiger charge is 2.12. The summed E-state index contributed by atoms with van der Waals surface area (Å²) in [6.45, 7) is 1.96. The van der Waals surface area contributed by atoms with Gasteiger partial charge in [0.05, 0.1) is 11.4 Å². The first-order valence-electron chi connectivity index (χ1n) is 8.02. The normalized spacial score (nSPS) is 10.9. The van der Waals surface area contributed by atoms with Crippen molar-refractivity contribution in [2.24, 2.45) is 0 Å². The second-order valence-electron chi connectivity index (χ2n) is 5.54. The van der Waals surface area contributed by atoms with Crippen LogP contribution in [0.15, 0.2) is 52.9 Å². The molecule has 1 N–H and O–H groups in total. The molecule has 0 bridgehead atoms. The lowest BCUT2D eigenvalue weighted by Crippen LogP contribution is -2.01.